The van der Waals surface area contributed by atoms with Crippen molar-refractivity contribution < 1.29 is 12.9 Å². The van der Waals surface area contributed by atoms with Gasteiger partial charge in [-0.1, -0.05) is 11.2 Å². The van der Waals surface area contributed by atoms with E-state index >= 15 is 0 Å². The van der Waals surface area contributed by atoms with Gasteiger partial charge in [0.25, 0.3) is 0 Å². The van der Waals surface area contributed by atoms with Crippen LogP contribution in [-0.4, -0.2) is 39.4 Å². The summed E-state index contributed by atoms with van der Waals surface area (Å²) >= 11 is 0. The van der Waals surface area contributed by atoms with Crippen LogP contribution < -0.4 is 5.32 Å². The van der Waals surface area contributed by atoms with Crippen LogP contribution in [0, 0.1) is 13.8 Å². The lowest BCUT2D eigenvalue weighted by atomic mass is 10.1. The van der Waals surface area contributed by atoms with E-state index in [0.29, 0.717) is 41.7 Å². The van der Waals surface area contributed by atoms with E-state index < -0.39 is 10.0 Å². The van der Waals surface area contributed by atoms with Gasteiger partial charge in [0.05, 0.1) is 17.9 Å². The van der Waals surface area contributed by atoms with E-state index in [4.69, 9.17) is 4.52 Å². The predicted octanol–water partition coefficient (Wildman–Crippen LogP) is 2.75. The molecular formula is C18H20N6O3S. The first kappa shape index (κ1) is 18.5. The second kappa shape index (κ2) is 7.28. The van der Waals surface area contributed by atoms with Crippen molar-refractivity contribution in [2.75, 3.05) is 11.9 Å². The fourth-order valence-corrected chi connectivity index (χ4v) is 5.45. The van der Waals surface area contributed by atoms with Crippen LogP contribution in [-0.2, 0) is 10.0 Å². The van der Waals surface area contributed by atoms with Crippen molar-refractivity contribution in [3.63, 3.8) is 0 Å². The summed E-state index contributed by atoms with van der Waals surface area (Å²) in [4.78, 5) is 12.9. The van der Waals surface area contributed by atoms with Gasteiger partial charge in [-0.25, -0.2) is 18.4 Å². The molecular weight excluding hydrogens is 380 g/mol. The summed E-state index contributed by atoms with van der Waals surface area (Å²) in [7, 11) is -3.73. The lowest BCUT2D eigenvalue weighted by Crippen LogP contribution is -2.31. The van der Waals surface area contributed by atoms with Crippen LogP contribution in [0.5, 0.6) is 0 Å². The zero-order valence-corrected chi connectivity index (χ0v) is 16.3. The van der Waals surface area contributed by atoms with Crippen LogP contribution in [0.15, 0.2) is 46.2 Å². The van der Waals surface area contributed by atoms with E-state index in [9.17, 15) is 8.42 Å². The number of anilines is 2. The molecule has 1 saturated heterocycles. The number of hydrogen-bond acceptors (Lipinski definition) is 8. The molecule has 0 saturated carbocycles. The SMILES string of the molecule is Cc1noc(C)c1S(=O)(=O)N1CCC[C@@H]1c1cccc(Nc2cnccn2)n1. The Kier molecular flexibility index (Phi) is 4.82. The van der Waals surface area contributed by atoms with Gasteiger partial charge >= 0.3 is 0 Å². The molecule has 0 aromatic carbocycles. The van der Waals surface area contributed by atoms with Crippen LogP contribution >= 0.6 is 0 Å². The van der Waals surface area contributed by atoms with Crippen molar-refractivity contribution in [1.29, 1.82) is 0 Å². The zero-order valence-electron chi connectivity index (χ0n) is 15.5. The van der Waals surface area contributed by atoms with Crippen molar-refractivity contribution >= 4 is 21.7 Å². The molecule has 0 aliphatic carbocycles. The zero-order chi connectivity index (χ0) is 19.7. The summed E-state index contributed by atoms with van der Waals surface area (Å²) in [6, 6.07) is 5.15. The molecule has 1 N–H and O–H groups in total. The van der Waals surface area contributed by atoms with Crippen LogP contribution in [0.1, 0.15) is 36.0 Å². The van der Waals surface area contributed by atoms with Gasteiger partial charge in [-0.15, -0.1) is 0 Å². The third-order valence-electron chi connectivity index (χ3n) is 4.67. The van der Waals surface area contributed by atoms with Gasteiger partial charge in [0.1, 0.15) is 22.2 Å². The lowest BCUT2D eigenvalue weighted by Gasteiger charge is -2.23. The average Bonchev–Trinajstić information content (AvgIpc) is 3.30. The van der Waals surface area contributed by atoms with E-state index in [0.717, 1.165) is 6.42 Å². The average molecular weight is 400 g/mol. The molecule has 3 aromatic rings. The van der Waals surface area contributed by atoms with Gasteiger partial charge in [-0.05, 0) is 38.8 Å². The Balaban J connectivity index is 1.65. The van der Waals surface area contributed by atoms with Crippen molar-refractivity contribution in [3.05, 3.63) is 53.9 Å². The Hall–Kier alpha value is -2.85. The molecule has 0 radical (unpaired) electrons. The summed E-state index contributed by atoms with van der Waals surface area (Å²) in [6.45, 7) is 3.68. The lowest BCUT2D eigenvalue weighted by molar-refractivity contribution is 0.381. The summed E-state index contributed by atoms with van der Waals surface area (Å²) in [5, 5.41) is 6.88. The van der Waals surface area contributed by atoms with E-state index in [1.807, 2.05) is 12.1 Å². The first-order valence-corrected chi connectivity index (χ1v) is 10.4. The monoisotopic (exact) mass is 400 g/mol. The fourth-order valence-electron chi connectivity index (χ4n) is 3.49. The van der Waals surface area contributed by atoms with Crippen LogP contribution in [0.3, 0.4) is 0 Å². The Bertz CT molecular complexity index is 1060. The third kappa shape index (κ3) is 3.36. The van der Waals surface area contributed by atoms with Crippen LogP contribution in [0.2, 0.25) is 0 Å². The molecule has 0 spiro atoms. The molecule has 1 atom stereocenters. The predicted molar refractivity (Wildman–Crippen MR) is 101 cm³/mol. The number of nitrogens with zero attached hydrogens (tertiary/aromatic N) is 5. The molecule has 146 valence electrons. The van der Waals surface area contributed by atoms with Gasteiger partial charge in [-0.3, -0.25) is 4.98 Å². The van der Waals surface area contributed by atoms with Crippen molar-refractivity contribution in [3.8, 4) is 0 Å². The molecule has 1 fully saturated rings. The number of sulfonamides is 1. The quantitative estimate of drug-likeness (QED) is 0.695. The highest BCUT2D eigenvalue weighted by Crippen LogP contribution is 2.37. The summed E-state index contributed by atoms with van der Waals surface area (Å²) < 4.78 is 33.1. The first-order valence-electron chi connectivity index (χ1n) is 8.91. The highest BCUT2D eigenvalue weighted by Gasteiger charge is 2.39. The maximum Gasteiger partial charge on any atom is 0.249 e. The van der Waals surface area contributed by atoms with Gasteiger partial charge in [0, 0.05) is 18.9 Å². The standard InChI is InChI=1S/C18H20N6O3S/c1-12-18(13(2)27-23-12)28(25,26)24-10-4-6-15(24)14-5-3-7-16(21-14)22-17-11-19-8-9-20-17/h3,5,7-9,11,15H,4,6,10H2,1-2H3,(H,20,21,22)/t15-/m1/s1. The van der Waals surface area contributed by atoms with E-state index in [2.05, 4.69) is 25.4 Å². The molecule has 3 aromatic heterocycles. The molecule has 9 nitrogen and oxygen atoms in total. The van der Waals surface area contributed by atoms with Gasteiger partial charge < -0.3 is 9.84 Å². The minimum atomic E-state index is -3.73. The highest BCUT2D eigenvalue weighted by atomic mass is 32.2. The first-order chi connectivity index (χ1) is 13.5. The largest absolute Gasteiger partial charge is 0.360 e. The molecule has 1 aliphatic heterocycles. The molecule has 0 amide bonds. The fraction of sp³-hybridized carbons (Fsp3) is 0.333. The molecule has 28 heavy (non-hydrogen) atoms. The highest BCUT2D eigenvalue weighted by molar-refractivity contribution is 7.89. The molecule has 0 bridgehead atoms. The summed E-state index contributed by atoms with van der Waals surface area (Å²) in [5.41, 5.74) is 1.05. The number of rotatable bonds is 5. The van der Waals surface area contributed by atoms with E-state index in [1.54, 1.807) is 38.5 Å². The number of nitrogens with one attached hydrogen (secondary N) is 1. The van der Waals surface area contributed by atoms with Gasteiger partial charge in [-0.2, -0.15) is 4.31 Å². The Morgan fingerprint density at radius 1 is 1.21 bits per heavy atom. The number of aryl methyl sites for hydroxylation is 2. The minimum Gasteiger partial charge on any atom is -0.360 e. The number of pyridine rings is 1. The maximum absolute atomic E-state index is 13.3. The van der Waals surface area contributed by atoms with Crippen LogP contribution in [0.4, 0.5) is 11.6 Å². The number of aromatic nitrogens is 4. The topological polar surface area (TPSA) is 114 Å². The second-order valence-electron chi connectivity index (χ2n) is 6.59. The third-order valence-corrected chi connectivity index (χ3v) is 6.82. The Morgan fingerprint density at radius 3 is 2.79 bits per heavy atom. The smallest absolute Gasteiger partial charge is 0.249 e. The molecule has 1 aliphatic rings. The minimum absolute atomic E-state index is 0.147. The molecule has 10 heteroatoms. The number of hydrogen-bond donors (Lipinski definition) is 1. The normalized spacial score (nSPS) is 17.7. The van der Waals surface area contributed by atoms with Crippen molar-refractivity contribution in [2.45, 2.75) is 37.6 Å². The van der Waals surface area contributed by atoms with Crippen molar-refractivity contribution in [2.24, 2.45) is 0 Å². The Morgan fingerprint density at radius 2 is 2.07 bits per heavy atom. The summed E-state index contributed by atoms with van der Waals surface area (Å²) in [5.74, 6) is 1.45. The summed E-state index contributed by atoms with van der Waals surface area (Å²) in [6.07, 6.45) is 6.23. The maximum atomic E-state index is 13.3. The second-order valence-corrected chi connectivity index (χ2v) is 8.42. The molecule has 0 unspecified atom stereocenters. The van der Waals surface area contributed by atoms with Crippen LogP contribution in [0.25, 0.3) is 0 Å². The van der Waals surface area contributed by atoms with E-state index in [-0.39, 0.29) is 10.9 Å². The van der Waals surface area contributed by atoms with Gasteiger partial charge in [0.15, 0.2) is 5.76 Å². The molecule has 4 heterocycles. The Labute approximate surface area is 162 Å². The van der Waals surface area contributed by atoms with E-state index in [1.165, 1.54) is 4.31 Å². The van der Waals surface area contributed by atoms with Crippen molar-refractivity contribution in [1.82, 2.24) is 24.4 Å². The van der Waals surface area contributed by atoms with Gasteiger partial charge in [0.2, 0.25) is 10.0 Å². The molecule has 4 rings (SSSR count).